The van der Waals surface area contributed by atoms with Crippen molar-refractivity contribution in [2.24, 2.45) is 0 Å². The number of ether oxygens (including phenoxy) is 1. The lowest BCUT2D eigenvalue weighted by molar-refractivity contribution is 0.0636. The number of aromatic nitrogens is 2. The summed E-state index contributed by atoms with van der Waals surface area (Å²) in [5.41, 5.74) is 2.03. The first kappa shape index (κ1) is 18.1. The number of anilines is 1. The number of amides is 1. The predicted molar refractivity (Wildman–Crippen MR) is 99.2 cm³/mol. The zero-order chi connectivity index (χ0) is 17.7. The third-order valence-corrected chi connectivity index (χ3v) is 3.78. The van der Waals surface area contributed by atoms with Crippen LogP contribution in [-0.4, -0.2) is 21.7 Å². The molecule has 1 amide bonds. The molecule has 2 aromatic rings. The van der Waals surface area contributed by atoms with Gasteiger partial charge in [-0.25, -0.2) is 9.78 Å². The highest BCUT2D eigenvalue weighted by Gasteiger charge is 2.16. The third kappa shape index (κ3) is 5.77. The Balaban J connectivity index is 2.04. The van der Waals surface area contributed by atoms with Gasteiger partial charge in [0.1, 0.15) is 10.6 Å². The standard InChI is InChI=1S/C18H23N3O2S/c1-12(2)15-11-24-16(21-15)7-6-13-8-14(10-19-9-13)20-17(22)23-18(3,4)5/h6-12H,1-5H3,(H,20,22). The minimum Gasteiger partial charge on any atom is -0.444 e. The van der Waals surface area contributed by atoms with Crippen LogP contribution in [0.2, 0.25) is 0 Å². The molecule has 0 saturated heterocycles. The van der Waals surface area contributed by atoms with E-state index in [1.165, 1.54) is 0 Å². The van der Waals surface area contributed by atoms with Crippen LogP contribution in [0.15, 0.2) is 23.8 Å². The van der Waals surface area contributed by atoms with Gasteiger partial charge in [0.05, 0.1) is 17.6 Å². The first-order valence-corrected chi connectivity index (χ1v) is 8.69. The van der Waals surface area contributed by atoms with Crippen molar-refractivity contribution in [1.29, 1.82) is 0 Å². The number of hydrogen-bond acceptors (Lipinski definition) is 5. The zero-order valence-electron chi connectivity index (χ0n) is 14.7. The summed E-state index contributed by atoms with van der Waals surface area (Å²) in [6.45, 7) is 9.72. The van der Waals surface area contributed by atoms with E-state index in [1.807, 2.05) is 39.0 Å². The summed E-state index contributed by atoms with van der Waals surface area (Å²) in [7, 11) is 0. The molecule has 0 atom stereocenters. The molecule has 0 aliphatic carbocycles. The Morgan fingerprint density at radius 3 is 2.67 bits per heavy atom. The van der Waals surface area contributed by atoms with Crippen molar-refractivity contribution in [2.45, 2.75) is 46.1 Å². The second-order valence-electron chi connectivity index (χ2n) is 6.73. The SMILES string of the molecule is CC(C)c1csc(C=Cc2cncc(NC(=O)OC(C)(C)C)c2)n1. The molecule has 0 spiro atoms. The summed E-state index contributed by atoms with van der Waals surface area (Å²) in [5, 5.41) is 5.71. The minimum absolute atomic E-state index is 0.423. The second kappa shape index (κ2) is 7.57. The van der Waals surface area contributed by atoms with Crippen LogP contribution in [0.4, 0.5) is 10.5 Å². The molecule has 2 rings (SSSR count). The molecule has 0 unspecified atom stereocenters. The number of hydrogen-bond donors (Lipinski definition) is 1. The molecule has 24 heavy (non-hydrogen) atoms. The number of pyridine rings is 1. The van der Waals surface area contributed by atoms with E-state index in [0.29, 0.717) is 11.6 Å². The first-order chi connectivity index (χ1) is 11.2. The molecule has 5 nitrogen and oxygen atoms in total. The quantitative estimate of drug-likeness (QED) is 0.829. The number of thiazole rings is 1. The monoisotopic (exact) mass is 345 g/mol. The van der Waals surface area contributed by atoms with Crippen LogP contribution in [0.1, 0.15) is 56.8 Å². The van der Waals surface area contributed by atoms with E-state index in [2.05, 4.69) is 34.5 Å². The number of nitrogens with zero attached hydrogens (tertiary/aromatic N) is 2. The van der Waals surface area contributed by atoms with Gasteiger partial charge in [-0.05, 0) is 44.4 Å². The Hall–Kier alpha value is -2.21. The molecular weight excluding hydrogens is 322 g/mol. The summed E-state index contributed by atoms with van der Waals surface area (Å²) in [6.07, 6.45) is 6.70. The van der Waals surface area contributed by atoms with Crippen LogP contribution in [0.3, 0.4) is 0 Å². The molecule has 6 heteroatoms. The van der Waals surface area contributed by atoms with E-state index in [9.17, 15) is 4.79 Å². The van der Waals surface area contributed by atoms with Crippen LogP contribution < -0.4 is 5.32 Å². The average Bonchev–Trinajstić information content (AvgIpc) is 2.92. The van der Waals surface area contributed by atoms with Crippen molar-refractivity contribution < 1.29 is 9.53 Å². The van der Waals surface area contributed by atoms with Gasteiger partial charge in [0.15, 0.2) is 0 Å². The number of nitrogens with one attached hydrogen (secondary N) is 1. The lowest BCUT2D eigenvalue weighted by Crippen LogP contribution is -2.27. The second-order valence-corrected chi connectivity index (χ2v) is 7.62. The molecule has 0 radical (unpaired) electrons. The van der Waals surface area contributed by atoms with Crippen LogP contribution in [0.5, 0.6) is 0 Å². The fourth-order valence-electron chi connectivity index (χ4n) is 1.85. The Morgan fingerprint density at radius 1 is 1.29 bits per heavy atom. The smallest absolute Gasteiger partial charge is 0.412 e. The van der Waals surface area contributed by atoms with Crippen molar-refractivity contribution in [3.05, 3.63) is 40.1 Å². The van der Waals surface area contributed by atoms with Gasteiger partial charge < -0.3 is 4.74 Å². The maximum Gasteiger partial charge on any atom is 0.412 e. The summed E-state index contributed by atoms with van der Waals surface area (Å²) in [4.78, 5) is 20.5. The van der Waals surface area contributed by atoms with Gasteiger partial charge in [-0.2, -0.15) is 0 Å². The Kier molecular flexibility index (Phi) is 5.72. The van der Waals surface area contributed by atoms with E-state index >= 15 is 0 Å². The van der Waals surface area contributed by atoms with Crippen LogP contribution in [0.25, 0.3) is 12.2 Å². The van der Waals surface area contributed by atoms with Gasteiger partial charge in [0, 0.05) is 11.6 Å². The molecule has 0 saturated carbocycles. The summed E-state index contributed by atoms with van der Waals surface area (Å²) >= 11 is 1.61. The number of carbonyl (C=O) groups is 1. The first-order valence-electron chi connectivity index (χ1n) is 7.81. The van der Waals surface area contributed by atoms with Crippen LogP contribution in [0, 0.1) is 0 Å². The number of carbonyl (C=O) groups excluding carboxylic acids is 1. The largest absolute Gasteiger partial charge is 0.444 e. The molecule has 1 N–H and O–H groups in total. The van der Waals surface area contributed by atoms with E-state index < -0.39 is 11.7 Å². The average molecular weight is 345 g/mol. The van der Waals surface area contributed by atoms with Gasteiger partial charge in [-0.3, -0.25) is 10.3 Å². The highest BCUT2D eigenvalue weighted by molar-refractivity contribution is 7.10. The highest BCUT2D eigenvalue weighted by Crippen LogP contribution is 2.20. The van der Waals surface area contributed by atoms with Gasteiger partial charge in [-0.15, -0.1) is 11.3 Å². The molecule has 128 valence electrons. The van der Waals surface area contributed by atoms with Gasteiger partial charge in [-0.1, -0.05) is 19.9 Å². The van der Waals surface area contributed by atoms with Crippen molar-refractivity contribution >= 4 is 35.3 Å². The molecule has 0 aliphatic heterocycles. The lowest BCUT2D eigenvalue weighted by Gasteiger charge is -2.19. The van der Waals surface area contributed by atoms with E-state index in [-0.39, 0.29) is 0 Å². The van der Waals surface area contributed by atoms with Crippen molar-refractivity contribution in [3.63, 3.8) is 0 Å². The van der Waals surface area contributed by atoms with Gasteiger partial charge in [0.25, 0.3) is 0 Å². The molecule has 0 aromatic carbocycles. The molecule has 0 aliphatic rings. The summed E-state index contributed by atoms with van der Waals surface area (Å²) in [6, 6.07) is 1.84. The van der Waals surface area contributed by atoms with E-state index in [1.54, 1.807) is 23.7 Å². The number of rotatable bonds is 4. The lowest BCUT2D eigenvalue weighted by atomic mass is 10.2. The third-order valence-electron chi connectivity index (χ3n) is 2.95. The summed E-state index contributed by atoms with van der Waals surface area (Å²) in [5.74, 6) is 0.423. The van der Waals surface area contributed by atoms with Crippen LogP contribution in [-0.2, 0) is 4.74 Å². The minimum atomic E-state index is -0.534. The highest BCUT2D eigenvalue weighted by atomic mass is 32.1. The predicted octanol–water partition coefficient (Wildman–Crippen LogP) is 5.18. The van der Waals surface area contributed by atoms with Crippen molar-refractivity contribution in [3.8, 4) is 0 Å². The Morgan fingerprint density at radius 2 is 2.04 bits per heavy atom. The summed E-state index contributed by atoms with van der Waals surface area (Å²) < 4.78 is 5.23. The fourth-order valence-corrected chi connectivity index (χ4v) is 2.72. The van der Waals surface area contributed by atoms with E-state index in [4.69, 9.17) is 4.74 Å². The van der Waals surface area contributed by atoms with Crippen molar-refractivity contribution in [1.82, 2.24) is 9.97 Å². The Bertz CT molecular complexity index is 730. The fraction of sp³-hybridized carbons (Fsp3) is 0.389. The van der Waals surface area contributed by atoms with Gasteiger partial charge >= 0.3 is 6.09 Å². The normalized spacial score (nSPS) is 11.9. The van der Waals surface area contributed by atoms with Crippen LogP contribution >= 0.6 is 11.3 Å². The molecule has 0 bridgehead atoms. The molecule has 0 fully saturated rings. The zero-order valence-corrected chi connectivity index (χ0v) is 15.5. The topological polar surface area (TPSA) is 64.1 Å². The Labute approximate surface area is 146 Å². The molecule has 2 aromatic heterocycles. The maximum atomic E-state index is 11.8. The van der Waals surface area contributed by atoms with Crippen molar-refractivity contribution in [2.75, 3.05) is 5.32 Å². The molecule has 2 heterocycles. The van der Waals surface area contributed by atoms with Gasteiger partial charge in [0.2, 0.25) is 0 Å². The molecular formula is C18H23N3O2S. The maximum absolute atomic E-state index is 11.8. The van der Waals surface area contributed by atoms with E-state index in [0.717, 1.165) is 16.3 Å².